The third-order valence-corrected chi connectivity index (χ3v) is 3.68. The number of hydrogen-bond donors (Lipinski definition) is 1. The van der Waals surface area contributed by atoms with Gasteiger partial charge in [0.15, 0.2) is 0 Å². The summed E-state index contributed by atoms with van der Waals surface area (Å²) < 4.78 is 0. The summed E-state index contributed by atoms with van der Waals surface area (Å²) >= 11 is 0. The number of nitrogen functional groups attached to an aromatic ring is 1. The molecule has 2 fully saturated rings. The maximum atomic E-state index is 5.81. The molecule has 6 heteroatoms. The van der Waals surface area contributed by atoms with Gasteiger partial charge in [0, 0.05) is 26.2 Å². The predicted octanol–water partition coefficient (Wildman–Crippen LogP) is 1.04. The number of nitrogens with two attached hydrogens (primary N) is 1. The van der Waals surface area contributed by atoms with Crippen molar-refractivity contribution < 1.29 is 0 Å². The van der Waals surface area contributed by atoms with E-state index in [4.69, 9.17) is 5.73 Å². The zero-order chi connectivity index (χ0) is 12.5. The van der Waals surface area contributed by atoms with Crippen molar-refractivity contribution in [1.29, 1.82) is 0 Å². The van der Waals surface area contributed by atoms with Crippen molar-refractivity contribution in [2.24, 2.45) is 0 Å². The van der Waals surface area contributed by atoms with Crippen molar-refractivity contribution in [2.45, 2.75) is 38.1 Å². The second kappa shape index (κ2) is 4.59. The zero-order valence-corrected chi connectivity index (χ0v) is 10.8. The van der Waals surface area contributed by atoms with Gasteiger partial charge in [-0.25, -0.2) is 0 Å². The molecule has 6 nitrogen and oxygen atoms in total. The summed E-state index contributed by atoms with van der Waals surface area (Å²) in [6.45, 7) is 2.05. The molecule has 0 amide bonds. The molecule has 0 spiro atoms. The van der Waals surface area contributed by atoms with Gasteiger partial charge in [-0.05, 0) is 32.1 Å². The lowest BCUT2D eigenvalue weighted by molar-refractivity contribution is 0.567. The highest BCUT2D eigenvalue weighted by Crippen LogP contribution is 2.29. The van der Waals surface area contributed by atoms with E-state index in [9.17, 15) is 0 Å². The number of hydrogen-bond acceptors (Lipinski definition) is 6. The predicted molar refractivity (Wildman–Crippen MR) is 71.7 cm³/mol. The second-order valence-corrected chi connectivity index (χ2v) is 5.18. The van der Waals surface area contributed by atoms with Crippen molar-refractivity contribution in [1.82, 2.24) is 15.0 Å². The molecule has 0 atom stereocenters. The summed E-state index contributed by atoms with van der Waals surface area (Å²) in [5, 5.41) is 0. The van der Waals surface area contributed by atoms with Crippen molar-refractivity contribution in [3.05, 3.63) is 0 Å². The number of nitrogens with zero attached hydrogens (tertiary/aromatic N) is 5. The lowest BCUT2D eigenvalue weighted by atomic mass is 10.1. The van der Waals surface area contributed by atoms with Crippen LogP contribution in [0, 0.1) is 0 Å². The quantitative estimate of drug-likeness (QED) is 0.862. The molecule has 2 aliphatic rings. The number of rotatable bonds is 3. The Labute approximate surface area is 107 Å². The normalized spacial score (nSPS) is 19.9. The summed E-state index contributed by atoms with van der Waals surface area (Å²) in [7, 11) is 2.03. The van der Waals surface area contributed by atoms with Crippen LogP contribution < -0.4 is 15.5 Å². The number of aromatic nitrogens is 3. The van der Waals surface area contributed by atoms with Gasteiger partial charge in [0.1, 0.15) is 0 Å². The number of piperidine rings is 1. The molecule has 1 aromatic heterocycles. The highest BCUT2D eigenvalue weighted by atomic mass is 15.4. The topological polar surface area (TPSA) is 71.2 Å². The van der Waals surface area contributed by atoms with Gasteiger partial charge in [-0.15, -0.1) is 0 Å². The van der Waals surface area contributed by atoms with Gasteiger partial charge in [0.2, 0.25) is 17.8 Å². The van der Waals surface area contributed by atoms with Gasteiger partial charge in [-0.2, -0.15) is 15.0 Å². The van der Waals surface area contributed by atoms with Gasteiger partial charge >= 0.3 is 0 Å². The highest BCUT2D eigenvalue weighted by Gasteiger charge is 2.29. The summed E-state index contributed by atoms with van der Waals surface area (Å²) in [5.74, 6) is 1.78. The average molecular weight is 248 g/mol. The first-order valence-electron chi connectivity index (χ1n) is 6.73. The van der Waals surface area contributed by atoms with E-state index in [1.807, 2.05) is 7.05 Å². The minimum atomic E-state index is 0.327. The summed E-state index contributed by atoms with van der Waals surface area (Å²) in [6.07, 6.45) is 6.16. The fourth-order valence-electron chi connectivity index (χ4n) is 2.39. The molecule has 0 aromatic carbocycles. The van der Waals surface area contributed by atoms with E-state index < -0.39 is 0 Å². The molecule has 0 unspecified atom stereocenters. The minimum Gasteiger partial charge on any atom is -0.368 e. The molecule has 0 bridgehead atoms. The van der Waals surface area contributed by atoms with E-state index in [2.05, 4.69) is 24.8 Å². The third-order valence-electron chi connectivity index (χ3n) is 3.68. The Balaban J connectivity index is 1.84. The molecule has 1 aromatic rings. The second-order valence-electron chi connectivity index (χ2n) is 5.18. The monoisotopic (exact) mass is 248 g/mol. The molecular weight excluding hydrogens is 228 g/mol. The molecule has 0 radical (unpaired) electrons. The lowest BCUT2D eigenvalue weighted by Gasteiger charge is -2.27. The van der Waals surface area contributed by atoms with Crippen LogP contribution in [-0.4, -0.2) is 41.1 Å². The van der Waals surface area contributed by atoms with E-state index in [1.54, 1.807) is 0 Å². The molecule has 18 heavy (non-hydrogen) atoms. The zero-order valence-electron chi connectivity index (χ0n) is 10.8. The fraction of sp³-hybridized carbons (Fsp3) is 0.750. The van der Waals surface area contributed by atoms with Crippen LogP contribution in [0.25, 0.3) is 0 Å². The molecule has 2 heterocycles. The largest absolute Gasteiger partial charge is 0.368 e. The molecule has 1 saturated carbocycles. The molecule has 2 N–H and O–H groups in total. The first-order chi connectivity index (χ1) is 8.74. The fourth-order valence-corrected chi connectivity index (χ4v) is 2.39. The van der Waals surface area contributed by atoms with Gasteiger partial charge in [0.25, 0.3) is 0 Å². The van der Waals surface area contributed by atoms with Crippen molar-refractivity contribution in [3.8, 4) is 0 Å². The lowest BCUT2D eigenvalue weighted by Crippen LogP contribution is -2.32. The van der Waals surface area contributed by atoms with Gasteiger partial charge < -0.3 is 15.5 Å². The molecule has 1 saturated heterocycles. The SMILES string of the molecule is CN(c1nc(N)nc(N2CCCCC2)n1)C1CC1. The Hall–Kier alpha value is -1.59. The molecule has 1 aliphatic carbocycles. The van der Waals surface area contributed by atoms with Crippen LogP contribution in [-0.2, 0) is 0 Å². The Bertz CT molecular complexity index is 425. The first kappa shape index (κ1) is 11.5. The first-order valence-corrected chi connectivity index (χ1v) is 6.73. The average Bonchev–Trinajstić information content (AvgIpc) is 3.22. The molecule has 98 valence electrons. The van der Waals surface area contributed by atoms with Crippen LogP contribution in [0.5, 0.6) is 0 Å². The van der Waals surface area contributed by atoms with Gasteiger partial charge in [-0.3, -0.25) is 0 Å². The Morgan fingerprint density at radius 1 is 1.11 bits per heavy atom. The maximum Gasteiger partial charge on any atom is 0.231 e. The minimum absolute atomic E-state index is 0.327. The third kappa shape index (κ3) is 2.32. The Morgan fingerprint density at radius 2 is 1.83 bits per heavy atom. The van der Waals surface area contributed by atoms with Gasteiger partial charge in [0.05, 0.1) is 0 Å². The standard InChI is InChI=1S/C12H20N6/c1-17(9-5-6-9)11-14-10(13)15-12(16-11)18-7-3-2-4-8-18/h9H,2-8H2,1H3,(H2,13,14,15,16). The summed E-state index contributed by atoms with van der Waals surface area (Å²) in [5.41, 5.74) is 5.81. The van der Waals surface area contributed by atoms with E-state index in [0.29, 0.717) is 17.9 Å². The van der Waals surface area contributed by atoms with Crippen LogP contribution in [0.15, 0.2) is 0 Å². The van der Waals surface area contributed by atoms with Crippen LogP contribution in [0.1, 0.15) is 32.1 Å². The van der Waals surface area contributed by atoms with Gasteiger partial charge in [-0.1, -0.05) is 0 Å². The highest BCUT2D eigenvalue weighted by molar-refractivity contribution is 5.44. The van der Waals surface area contributed by atoms with Crippen molar-refractivity contribution in [3.63, 3.8) is 0 Å². The van der Waals surface area contributed by atoms with Crippen LogP contribution in [0.3, 0.4) is 0 Å². The summed E-state index contributed by atoms with van der Waals surface area (Å²) in [6, 6.07) is 0.584. The van der Waals surface area contributed by atoms with Crippen LogP contribution >= 0.6 is 0 Å². The summed E-state index contributed by atoms with van der Waals surface area (Å²) in [4.78, 5) is 17.4. The van der Waals surface area contributed by atoms with Crippen LogP contribution in [0.2, 0.25) is 0 Å². The Morgan fingerprint density at radius 3 is 2.50 bits per heavy atom. The molecule has 3 rings (SSSR count). The number of anilines is 3. The van der Waals surface area contributed by atoms with E-state index in [-0.39, 0.29) is 0 Å². The van der Waals surface area contributed by atoms with Crippen molar-refractivity contribution in [2.75, 3.05) is 35.7 Å². The molecule has 1 aliphatic heterocycles. The maximum absolute atomic E-state index is 5.81. The van der Waals surface area contributed by atoms with Crippen LogP contribution in [0.4, 0.5) is 17.8 Å². The molecular formula is C12H20N6. The Kier molecular flexibility index (Phi) is 2.93. The van der Waals surface area contributed by atoms with Crippen molar-refractivity contribution >= 4 is 17.8 Å². The van der Waals surface area contributed by atoms with E-state index in [1.165, 1.54) is 32.1 Å². The smallest absolute Gasteiger partial charge is 0.231 e. The van der Waals surface area contributed by atoms with E-state index >= 15 is 0 Å². The van der Waals surface area contributed by atoms with E-state index in [0.717, 1.165) is 19.0 Å².